The minimum Gasteiger partial charge on any atom is -0.388 e. The first-order valence-electron chi connectivity index (χ1n) is 17.8. The normalized spacial score (nSPS) is 21.4. The van der Waals surface area contributed by atoms with Crippen molar-refractivity contribution in [3.05, 3.63) is 108 Å². The van der Waals surface area contributed by atoms with Crippen LogP contribution in [0.2, 0.25) is 0 Å². The fraction of sp³-hybridized carbons (Fsp3) is 0.368. The number of carbonyl (C=O) groups is 2. The molecule has 2 aromatic carbocycles. The summed E-state index contributed by atoms with van der Waals surface area (Å²) in [4.78, 5) is 45.9. The number of imidazole rings is 1. The third-order valence-corrected chi connectivity index (χ3v) is 9.93. The Morgan fingerprint density at radius 1 is 0.904 bits per heavy atom. The number of hydrogen-bond acceptors (Lipinski definition) is 10. The number of pyridine rings is 1. The summed E-state index contributed by atoms with van der Waals surface area (Å²) < 4.78 is 1.78. The maximum Gasteiger partial charge on any atom is 0.315 e. The number of fused-ring (bicyclic) bond motifs is 1. The van der Waals surface area contributed by atoms with Gasteiger partial charge in [0, 0.05) is 44.2 Å². The third-order valence-electron chi connectivity index (χ3n) is 9.93. The molecule has 4 heterocycles. The standard InChI is InChI=1S/C38H44N10O4/c1-2-31(49)44-29-19-30(34(51)33(29)50)48-23-42-32-35(40-21-28(24-11-5-3-6-12-24)25-13-7-4-8-14-25)45-37(46-36(32)48)47-18-16-27(22-47)43-38(52)41-20-26-15-9-10-17-39-26/h3-15,17,23,27-30,33-34,50-51H,2,16,18-22H2,1H3,(H,44,49)(H,40,45,46)(H2,41,43,52)/t27-,29+,30-,33-,34+/m1/s1. The predicted molar refractivity (Wildman–Crippen MR) is 197 cm³/mol. The van der Waals surface area contributed by atoms with Crippen molar-refractivity contribution in [2.75, 3.05) is 29.9 Å². The molecule has 0 radical (unpaired) electrons. The number of aliphatic hydroxyl groups is 2. The van der Waals surface area contributed by atoms with Gasteiger partial charge in [0.15, 0.2) is 17.0 Å². The van der Waals surface area contributed by atoms with Gasteiger partial charge in [-0.15, -0.1) is 0 Å². The van der Waals surface area contributed by atoms with Crippen LogP contribution in [0, 0.1) is 0 Å². The lowest BCUT2D eigenvalue weighted by Crippen LogP contribution is -2.43. The van der Waals surface area contributed by atoms with Crippen LogP contribution in [0.3, 0.4) is 0 Å². The van der Waals surface area contributed by atoms with Crippen molar-refractivity contribution in [2.45, 2.75) is 69.0 Å². The molecule has 2 fully saturated rings. The molecule has 1 saturated heterocycles. The number of amides is 3. The minimum absolute atomic E-state index is 0.0117. The van der Waals surface area contributed by atoms with Crippen LogP contribution in [0.1, 0.15) is 55.0 Å². The maximum absolute atomic E-state index is 12.8. The molecular weight excluding hydrogens is 660 g/mol. The van der Waals surface area contributed by atoms with Gasteiger partial charge in [-0.05, 0) is 36.1 Å². The summed E-state index contributed by atoms with van der Waals surface area (Å²) in [6, 6.07) is 24.5. The molecule has 1 aliphatic heterocycles. The van der Waals surface area contributed by atoms with Crippen molar-refractivity contribution in [2.24, 2.45) is 0 Å². The fourth-order valence-electron chi connectivity index (χ4n) is 7.12. The Kier molecular flexibility index (Phi) is 10.5. The summed E-state index contributed by atoms with van der Waals surface area (Å²) in [7, 11) is 0. The van der Waals surface area contributed by atoms with Crippen molar-refractivity contribution in [3.63, 3.8) is 0 Å². The lowest BCUT2D eigenvalue weighted by atomic mass is 9.91. The quantitative estimate of drug-likeness (QED) is 0.113. The van der Waals surface area contributed by atoms with Crippen molar-refractivity contribution in [1.29, 1.82) is 0 Å². The summed E-state index contributed by atoms with van der Waals surface area (Å²) in [5, 5.41) is 34.4. The van der Waals surface area contributed by atoms with Gasteiger partial charge < -0.3 is 40.9 Å². The van der Waals surface area contributed by atoms with Gasteiger partial charge >= 0.3 is 6.03 Å². The highest BCUT2D eigenvalue weighted by atomic mass is 16.3. The van der Waals surface area contributed by atoms with E-state index in [-0.39, 0.29) is 30.3 Å². The number of rotatable bonds is 12. The van der Waals surface area contributed by atoms with E-state index in [4.69, 9.17) is 15.0 Å². The highest BCUT2D eigenvalue weighted by molar-refractivity contribution is 5.85. The second-order valence-electron chi connectivity index (χ2n) is 13.3. The Balaban J connectivity index is 1.16. The molecule has 52 heavy (non-hydrogen) atoms. The Bertz CT molecular complexity index is 1920. The molecule has 270 valence electrons. The van der Waals surface area contributed by atoms with Gasteiger partial charge in [-0.3, -0.25) is 9.78 Å². The van der Waals surface area contributed by atoms with Crippen LogP contribution >= 0.6 is 0 Å². The number of urea groups is 1. The van der Waals surface area contributed by atoms with Crippen LogP contribution in [-0.2, 0) is 11.3 Å². The van der Waals surface area contributed by atoms with Crippen LogP contribution in [0.4, 0.5) is 16.6 Å². The molecule has 0 unspecified atom stereocenters. The van der Waals surface area contributed by atoms with Gasteiger partial charge in [-0.2, -0.15) is 9.97 Å². The SMILES string of the molecule is CCC(=O)N[C@H]1C[C@@H](n2cnc3c(NCC(c4ccccc4)c4ccccc4)nc(N4CC[C@@H](NC(=O)NCc5ccccn5)C4)nc32)[C@H](O)[C@@H]1O. The number of aliphatic hydroxyl groups excluding tert-OH is 2. The molecule has 3 aromatic heterocycles. The Labute approximate surface area is 301 Å². The van der Waals surface area contributed by atoms with Gasteiger partial charge in [0.05, 0.1) is 30.6 Å². The Morgan fingerprint density at radius 3 is 2.33 bits per heavy atom. The molecule has 1 saturated carbocycles. The molecular formula is C38H44N10O4. The van der Waals surface area contributed by atoms with Gasteiger partial charge in [0.2, 0.25) is 11.9 Å². The zero-order chi connectivity index (χ0) is 36.0. The minimum atomic E-state index is -1.15. The van der Waals surface area contributed by atoms with Gasteiger partial charge in [0.25, 0.3) is 0 Å². The summed E-state index contributed by atoms with van der Waals surface area (Å²) in [6.45, 7) is 3.68. The zero-order valence-corrected chi connectivity index (χ0v) is 29.0. The molecule has 2 aliphatic rings. The molecule has 6 N–H and O–H groups in total. The average Bonchev–Trinajstić information content (AvgIpc) is 3.90. The summed E-state index contributed by atoms with van der Waals surface area (Å²) in [6.07, 6.45) is 2.27. The van der Waals surface area contributed by atoms with Crippen LogP contribution in [0.25, 0.3) is 11.2 Å². The molecule has 1 aliphatic carbocycles. The van der Waals surface area contributed by atoms with Crippen LogP contribution in [0.15, 0.2) is 91.4 Å². The van der Waals surface area contributed by atoms with Crippen LogP contribution in [0.5, 0.6) is 0 Å². The van der Waals surface area contributed by atoms with E-state index in [2.05, 4.69) is 50.5 Å². The lowest BCUT2D eigenvalue weighted by molar-refractivity contribution is -0.122. The molecule has 5 atom stereocenters. The number of aromatic nitrogens is 5. The zero-order valence-electron chi connectivity index (χ0n) is 29.0. The maximum atomic E-state index is 12.8. The molecule has 3 amide bonds. The first-order chi connectivity index (χ1) is 25.4. The number of anilines is 2. The topological polar surface area (TPSA) is 182 Å². The number of nitrogens with one attached hydrogen (secondary N) is 4. The molecule has 5 aromatic rings. The van der Waals surface area contributed by atoms with E-state index in [9.17, 15) is 19.8 Å². The van der Waals surface area contributed by atoms with Gasteiger partial charge in [-0.1, -0.05) is 73.7 Å². The van der Waals surface area contributed by atoms with E-state index in [1.807, 2.05) is 59.5 Å². The van der Waals surface area contributed by atoms with E-state index in [0.29, 0.717) is 62.0 Å². The molecule has 0 bridgehead atoms. The first kappa shape index (κ1) is 34.8. The predicted octanol–water partition coefficient (Wildman–Crippen LogP) is 3.10. The largest absolute Gasteiger partial charge is 0.388 e. The molecule has 14 heteroatoms. The van der Waals surface area contributed by atoms with Gasteiger partial charge in [0.1, 0.15) is 12.2 Å². The average molecular weight is 705 g/mol. The number of benzene rings is 2. The van der Waals surface area contributed by atoms with E-state index in [1.54, 1.807) is 24.0 Å². The number of carbonyl (C=O) groups excluding carboxylic acids is 2. The molecule has 7 rings (SSSR count). The Morgan fingerprint density at radius 2 is 1.63 bits per heavy atom. The molecule has 0 spiro atoms. The number of nitrogens with zero attached hydrogens (tertiary/aromatic N) is 6. The highest BCUT2D eigenvalue weighted by Gasteiger charge is 2.44. The van der Waals surface area contributed by atoms with E-state index in [1.165, 1.54) is 0 Å². The number of hydrogen-bond donors (Lipinski definition) is 6. The van der Waals surface area contributed by atoms with Crippen molar-refractivity contribution >= 4 is 34.9 Å². The van der Waals surface area contributed by atoms with Crippen LogP contribution < -0.4 is 26.2 Å². The lowest BCUT2D eigenvalue weighted by Gasteiger charge is -2.22. The Hall–Kier alpha value is -5.60. The first-order valence-corrected chi connectivity index (χ1v) is 17.8. The smallest absolute Gasteiger partial charge is 0.315 e. The van der Waals surface area contributed by atoms with Crippen LogP contribution in [-0.4, -0.2) is 90.6 Å². The monoisotopic (exact) mass is 704 g/mol. The van der Waals surface area contributed by atoms with Gasteiger partial charge in [-0.25, -0.2) is 9.78 Å². The van der Waals surface area contributed by atoms with E-state index < -0.39 is 24.3 Å². The summed E-state index contributed by atoms with van der Waals surface area (Å²) >= 11 is 0. The third kappa shape index (κ3) is 7.67. The van der Waals surface area contributed by atoms with E-state index >= 15 is 0 Å². The van der Waals surface area contributed by atoms with Crippen molar-refractivity contribution < 1.29 is 19.8 Å². The van der Waals surface area contributed by atoms with Crippen molar-refractivity contribution in [1.82, 2.24) is 40.5 Å². The summed E-state index contributed by atoms with van der Waals surface area (Å²) in [5.74, 6) is 0.800. The highest BCUT2D eigenvalue weighted by Crippen LogP contribution is 2.35. The fourth-order valence-corrected chi connectivity index (χ4v) is 7.12. The van der Waals surface area contributed by atoms with Crippen molar-refractivity contribution in [3.8, 4) is 0 Å². The second-order valence-corrected chi connectivity index (χ2v) is 13.3. The second kappa shape index (κ2) is 15.7. The molecule has 14 nitrogen and oxygen atoms in total. The van der Waals surface area contributed by atoms with E-state index in [0.717, 1.165) is 16.8 Å². The summed E-state index contributed by atoms with van der Waals surface area (Å²) in [5.41, 5.74) is 4.08.